The van der Waals surface area contributed by atoms with Crippen molar-refractivity contribution in [2.24, 2.45) is 0 Å². The van der Waals surface area contributed by atoms with Crippen molar-refractivity contribution in [2.75, 3.05) is 10.6 Å². The van der Waals surface area contributed by atoms with E-state index in [0.29, 0.717) is 22.7 Å². The number of rotatable bonds is 4. The number of carbonyl (C=O) groups is 1. The number of alkyl halides is 3. The summed E-state index contributed by atoms with van der Waals surface area (Å²) in [5.74, 6) is -0.116. The maximum atomic E-state index is 13.1. The second-order valence-corrected chi connectivity index (χ2v) is 6.39. The zero-order chi connectivity index (χ0) is 19.8. The largest absolute Gasteiger partial charge is 0.441 e. The summed E-state index contributed by atoms with van der Waals surface area (Å²) in [6, 6.07) is 7.47. The molecule has 2 aromatic carbocycles. The van der Waals surface area contributed by atoms with Crippen molar-refractivity contribution in [1.82, 2.24) is 4.98 Å². The van der Waals surface area contributed by atoms with Crippen LogP contribution in [0.15, 0.2) is 40.8 Å². The molecule has 1 amide bonds. The van der Waals surface area contributed by atoms with E-state index >= 15 is 0 Å². The van der Waals surface area contributed by atoms with Crippen LogP contribution in [-0.2, 0) is 11.0 Å². The molecule has 1 heterocycles. The summed E-state index contributed by atoms with van der Waals surface area (Å²) < 4.78 is 44.8. The Morgan fingerprint density at radius 1 is 1.22 bits per heavy atom. The van der Waals surface area contributed by atoms with Crippen molar-refractivity contribution in [1.29, 1.82) is 0 Å². The van der Waals surface area contributed by atoms with E-state index in [1.54, 1.807) is 25.1 Å². The highest BCUT2D eigenvalue weighted by Gasteiger charge is 2.34. The minimum absolute atomic E-state index is 0.0669. The average Bonchev–Trinajstić information content (AvgIpc) is 2.94. The van der Waals surface area contributed by atoms with Crippen LogP contribution >= 0.6 is 11.6 Å². The molecule has 3 aromatic rings. The van der Waals surface area contributed by atoms with Crippen molar-refractivity contribution in [2.45, 2.75) is 26.1 Å². The van der Waals surface area contributed by atoms with Crippen LogP contribution in [0.3, 0.4) is 0 Å². The third-order valence-corrected chi connectivity index (χ3v) is 4.05. The van der Waals surface area contributed by atoms with Crippen LogP contribution < -0.4 is 10.6 Å². The molecule has 0 radical (unpaired) electrons. The van der Waals surface area contributed by atoms with Gasteiger partial charge in [-0.15, -0.1) is 0 Å². The van der Waals surface area contributed by atoms with E-state index in [2.05, 4.69) is 15.6 Å². The smallest absolute Gasteiger partial charge is 0.418 e. The van der Waals surface area contributed by atoms with Crippen LogP contribution in [0.2, 0.25) is 5.02 Å². The molecule has 3 rings (SSSR count). The molecule has 0 fully saturated rings. The van der Waals surface area contributed by atoms with Gasteiger partial charge >= 0.3 is 6.18 Å². The summed E-state index contributed by atoms with van der Waals surface area (Å²) >= 11 is 5.64. The Bertz CT molecular complexity index is 1000. The molecule has 0 bridgehead atoms. The van der Waals surface area contributed by atoms with Crippen molar-refractivity contribution in [3.8, 4) is 0 Å². The number of nitrogens with zero attached hydrogens (tertiary/aromatic N) is 1. The molecule has 0 aliphatic carbocycles. The number of hydrogen-bond donors (Lipinski definition) is 2. The molecule has 27 heavy (non-hydrogen) atoms. The summed E-state index contributed by atoms with van der Waals surface area (Å²) in [4.78, 5) is 16.5. The normalized spacial score (nSPS) is 12.8. The number of aryl methyl sites for hydroxylation is 1. The molecule has 2 N–H and O–H groups in total. The Balaban J connectivity index is 1.75. The second-order valence-electron chi connectivity index (χ2n) is 5.96. The highest BCUT2D eigenvalue weighted by molar-refractivity contribution is 6.30. The van der Waals surface area contributed by atoms with Gasteiger partial charge in [0.1, 0.15) is 11.6 Å². The summed E-state index contributed by atoms with van der Waals surface area (Å²) in [6.07, 6.45) is -4.64. The Morgan fingerprint density at radius 2 is 1.96 bits per heavy atom. The van der Waals surface area contributed by atoms with Crippen LogP contribution in [0, 0.1) is 6.92 Å². The van der Waals surface area contributed by atoms with Crippen LogP contribution in [0.1, 0.15) is 18.4 Å². The fraction of sp³-hybridized carbons (Fsp3) is 0.222. The van der Waals surface area contributed by atoms with Crippen LogP contribution in [0.4, 0.5) is 24.5 Å². The maximum Gasteiger partial charge on any atom is 0.418 e. The molecule has 0 aliphatic heterocycles. The molecule has 5 nitrogen and oxygen atoms in total. The molecule has 1 unspecified atom stereocenters. The maximum absolute atomic E-state index is 13.1. The van der Waals surface area contributed by atoms with E-state index in [1.165, 1.54) is 13.0 Å². The zero-order valence-corrected chi connectivity index (χ0v) is 15.1. The summed E-state index contributed by atoms with van der Waals surface area (Å²) in [5, 5.41) is 5.16. The summed E-state index contributed by atoms with van der Waals surface area (Å²) in [6.45, 7) is 3.25. The first-order chi connectivity index (χ1) is 12.6. The lowest BCUT2D eigenvalue weighted by molar-refractivity contribution is -0.137. The molecule has 9 heteroatoms. The molecule has 0 aliphatic rings. The van der Waals surface area contributed by atoms with Gasteiger partial charge in [-0.2, -0.15) is 13.2 Å². The topological polar surface area (TPSA) is 67.2 Å². The van der Waals surface area contributed by atoms with E-state index < -0.39 is 23.7 Å². The zero-order valence-electron chi connectivity index (χ0n) is 14.3. The van der Waals surface area contributed by atoms with Crippen molar-refractivity contribution in [3.63, 3.8) is 0 Å². The molecule has 0 saturated heterocycles. The molecular weight excluding hydrogens is 383 g/mol. The molecular formula is C18H15ClF3N3O2. The van der Waals surface area contributed by atoms with Gasteiger partial charge in [-0.05, 0) is 43.3 Å². The number of carbonyl (C=O) groups excluding carboxylic acids is 1. The monoisotopic (exact) mass is 397 g/mol. The first-order valence-corrected chi connectivity index (χ1v) is 8.32. The van der Waals surface area contributed by atoms with Gasteiger partial charge in [0.2, 0.25) is 5.91 Å². The molecule has 142 valence electrons. The van der Waals surface area contributed by atoms with Gasteiger partial charge in [0, 0.05) is 17.6 Å². The minimum Gasteiger partial charge on any atom is -0.441 e. The predicted molar refractivity (Wildman–Crippen MR) is 96.9 cm³/mol. The quantitative estimate of drug-likeness (QED) is 0.631. The number of halogens is 4. The fourth-order valence-corrected chi connectivity index (χ4v) is 2.72. The van der Waals surface area contributed by atoms with E-state index in [9.17, 15) is 18.0 Å². The number of nitrogens with one attached hydrogen (secondary N) is 2. The Labute approximate surface area is 157 Å². The van der Waals surface area contributed by atoms with Gasteiger partial charge < -0.3 is 15.1 Å². The van der Waals surface area contributed by atoms with E-state index in [4.69, 9.17) is 16.0 Å². The lowest BCUT2D eigenvalue weighted by Crippen LogP contribution is -2.32. The van der Waals surface area contributed by atoms with Crippen molar-refractivity contribution in [3.05, 3.63) is 52.9 Å². The number of aromatic nitrogens is 1. The van der Waals surface area contributed by atoms with Crippen molar-refractivity contribution >= 4 is 40.0 Å². The Hall–Kier alpha value is -2.74. The Morgan fingerprint density at radius 3 is 2.67 bits per heavy atom. The van der Waals surface area contributed by atoms with E-state index in [1.807, 2.05) is 0 Å². The number of amides is 1. The molecule has 1 atom stereocenters. The average molecular weight is 398 g/mol. The highest BCUT2D eigenvalue weighted by Crippen LogP contribution is 2.36. The Kier molecular flexibility index (Phi) is 5.01. The summed E-state index contributed by atoms with van der Waals surface area (Å²) in [5.41, 5.74) is 0.446. The van der Waals surface area contributed by atoms with Gasteiger partial charge in [-0.25, -0.2) is 4.98 Å². The second kappa shape index (κ2) is 7.11. The first kappa shape index (κ1) is 19.0. The van der Waals surface area contributed by atoms with Gasteiger partial charge in [0.05, 0.1) is 11.3 Å². The van der Waals surface area contributed by atoms with Crippen LogP contribution in [0.5, 0.6) is 0 Å². The first-order valence-electron chi connectivity index (χ1n) is 7.95. The number of fused-ring (bicyclic) bond motifs is 1. The van der Waals surface area contributed by atoms with Crippen LogP contribution in [0.25, 0.3) is 11.1 Å². The van der Waals surface area contributed by atoms with Gasteiger partial charge in [-0.3, -0.25) is 4.79 Å². The fourth-order valence-electron chi connectivity index (χ4n) is 2.55. The predicted octanol–water partition coefficient (Wildman–Crippen LogP) is 5.25. The standard InChI is InChI=1S/C18H15ClF3N3O2/c1-9(23-12-4-6-16-15(8-12)24-10(2)27-16)17(26)25-14-5-3-11(19)7-13(14)18(20,21)22/h3-9,23H,1-2H3,(H,25,26). The number of anilines is 2. The summed E-state index contributed by atoms with van der Waals surface area (Å²) in [7, 11) is 0. The van der Waals surface area contributed by atoms with E-state index in [-0.39, 0.29) is 10.7 Å². The third kappa shape index (κ3) is 4.33. The van der Waals surface area contributed by atoms with Gasteiger partial charge in [-0.1, -0.05) is 11.6 Å². The molecule has 0 spiro atoms. The molecule has 1 aromatic heterocycles. The van der Waals surface area contributed by atoms with Gasteiger partial charge in [0.25, 0.3) is 0 Å². The number of oxazole rings is 1. The van der Waals surface area contributed by atoms with E-state index in [0.717, 1.165) is 12.1 Å². The minimum atomic E-state index is -4.64. The third-order valence-electron chi connectivity index (χ3n) is 3.82. The number of benzene rings is 2. The SMILES string of the molecule is Cc1nc2cc(NC(C)C(=O)Nc3ccc(Cl)cc3C(F)(F)F)ccc2o1. The number of hydrogen-bond acceptors (Lipinski definition) is 4. The van der Waals surface area contributed by atoms with Crippen molar-refractivity contribution < 1.29 is 22.4 Å². The molecule has 0 saturated carbocycles. The lowest BCUT2D eigenvalue weighted by atomic mass is 10.1. The lowest BCUT2D eigenvalue weighted by Gasteiger charge is -2.18. The highest BCUT2D eigenvalue weighted by atomic mass is 35.5. The van der Waals surface area contributed by atoms with Gasteiger partial charge in [0.15, 0.2) is 11.5 Å². The van der Waals surface area contributed by atoms with Crippen LogP contribution in [-0.4, -0.2) is 16.9 Å².